The van der Waals surface area contributed by atoms with Crippen LogP contribution in [0.25, 0.3) is 61.5 Å². The van der Waals surface area contributed by atoms with Crippen LogP contribution in [0, 0.1) is 13.8 Å². The van der Waals surface area contributed by atoms with Gasteiger partial charge in [0, 0.05) is 22.1 Å². The summed E-state index contributed by atoms with van der Waals surface area (Å²) in [4.78, 5) is 15.1. The van der Waals surface area contributed by atoms with Gasteiger partial charge in [-0.3, -0.25) is 4.40 Å². The molecule has 0 atom stereocenters. The molecule has 0 aliphatic carbocycles. The first kappa shape index (κ1) is 21.5. The van der Waals surface area contributed by atoms with E-state index in [0.717, 1.165) is 61.5 Å². The van der Waals surface area contributed by atoms with Crippen LogP contribution in [-0.4, -0.2) is 19.4 Å². The average Bonchev–Trinajstić information content (AvgIpc) is 3.32. The first-order valence-electron chi connectivity index (χ1n) is 12.5. The summed E-state index contributed by atoms with van der Waals surface area (Å²) in [7, 11) is 0. The van der Waals surface area contributed by atoms with E-state index in [9.17, 15) is 0 Å². The van der Waals surface area contributed by atoms with Crippen molar-refractivity contribution in [1.82, 2.24) is 19.4 Å². The molecule has 0 radical (unpaired) electrons. The van der Waals surface area contributed by atoms with Crippen LogP contribution in [0.2, 0.25) is 0 Å². The van der Waals surface area contributed by atoms with Crippen molar-refractivity contribution in [2.24, 2.45) is 0 Å². The van der Waals surface area contributed by atoms with E-state index in [0.29, 0.717) is 0 Å². The number of benzene rings is 4. The average molecular weight is 477 g/mol. The number of para-hydroxylation sites is 3. The van der Waals surface area contributed by atoms with Crippen LogP contribution >= 0.6 is 0 Å². The minimum atomic E-state index is 0.870. The summed E-state index contributed by atoms with van der Waals surface area (Å²) >= 11 is 0. The lowest BCUT2D eigenvalue weighted by molar-refractivity contribution is 1.16. The molecule has 4 aromatic carbocycles. The van der Waals surface area contributed by atoms with Crippen molar-refractivity contribution < 1.29 is 0 Å². The summed E-state index contributed by atoms with van der Waals surface area (Å²) in [6.07, 6.45) is 0. The van der Waals surface area contributed by atoms with Gasteiger partial charge in [0.05, 0.1) is 27.9 Å². The van der Waals surface area contributed by atoms with E-state index >= 15 is 0 Å². The van der Waals surface area contributed by atoms with E-state index < -0.39 is 0 Å². The van der Waals surface area contributed by atoms with Crippen LogP contribution in [0.15, 0.2) is 109 Å². The topological polar surface area (TPSA) is 43.1 Å². The maximum absolute atomic E-state index is 5.12. The van der Waals surface area contributed by atoms with Gasteiger partial charge in [-0.1, -0.05) is 65.7 Å². The summed E-state index contributed by atoms with van der Waals surface area (Å²) in [5.74, 6) is 0.870. The number of nitrogens with zero attached hydrogens (tertiary/aromatic N) is 4. The van der Waals surface area contributed by atoms with Crippen LogP contribution in [-0.2, 0) is 0 Å². The number of aryl methyl sites for hydroxylation is 2. The molecule has 0 fully saturated rings. The third kappa shape index (κ3) is 3.66. The van der Waals surface area contributed by atoms with Gasteiger partial charge in [0.1, 0.15) is 11.5 Å². The van der Waals surface area contributed by atoms with E-state index in [1.54, 1.807) is 0 Å². The van der Waals surface area contributed by atoms with Gasteiger partial charge in [0.2, 0.25) is 0 Å². The summed E-state index contributed by atoms with van der Waals surface area (Å²) < 4.78 is 2.18. The van der Waals surface area contributed by atoms with Gasteiger partial charge in [0.25, 0.3) is 0 Å². The zero-order chi connectivity index (χ0) is 24.9. The first-order valence-corrected chi connectivity index (χ1v) is 12.5. The fourth-order valence-electron chi connectivity index (χ4n) is 5.24. The summed E-state index contributed by atoms with van der Waals surface area (Å²) in [6, 6.07) is 37.7. The highest BCUT2D eigenvalue weighted by molar-refractivity contribution is 5.98. The molecule has 7 aromatic rings. The van der Waals surface area contributed by atoms with Crippen LogP contribution in [0.3, 0.4) is 0 Å². The van der Waals surface area contributed by atoms with Crippen molar-refractivity contribution in [3.63, 3.8) is 0 Å². The Balaban J connectivity index is 1.42. The quantitative estimate of drug-likeness (QED) is 0.259. The molecule has 7 rings (SSSR count). The minimum Gasteiger partial charge on any atom is -0.276 e. The molecule has 0 saturated heterocycles. The van der Waals surface area contributed by atoms with E-state index in [4.69, 9.17) is 15.0 Å². The SMILES string of the molecule is Cc1cc(C)cc(-c2cccc(-c3cccc(-c4nc5ccccc5c5nc6ccccc6n45)c3)n2)c1. The Labute approximate surface area is 214 Å². The fourth-order valence-corrected chi connectivity index (χ4v) is 5.24. The van der Waals surface area contributed by atoms with E-state index in [-0.39, 0.29) is 0 Å². The highest BCUT2D eigenvalue weighted by Gasteiger charge is 2.16. The number of pyridine rings is 1. The molecule has 37 heavy (non-hydrogen) atoms. The van der Waals surface area contributed by atoms with E-state index in [1.165, 1.54) is 11.1 Å². The molecule has 0 bridgehead atoms. The second-order valence-electron chi connectivity index (χ2n) is 9.58. The van der Waals surface area contributed by atoms with Gasteiger partial charge in [-0.25, -0.2) is 15.0 Å². The maximum Gasteiger partial charge on any atom is 0.149 e. The second kappa shape index (κ2) is 8.38. The molecule has 4 nitrogen and oxygen atoms in total. The lowest BCUT2D eigenvalue weighted by Gasteiger charge is -2.11. The highest BCUT2D eigenvalue weighted by Crippen LogP contribution is 2.32. The van der Waals surface area contributed by atoms with Crippen molar-refractivity contribution in [3.8, 4) is 33.9 Å². The van der Waals surface area contributed by atoms with Gasteiger partial charge in [-0.05, 0) is 68.4 Å². The Morgan fingerprint density at radius 2 is 1.19 bits per heavy atom. The van der Waals surface area contributed by atoms with Crippen molar-refractivity contribution >= 4 is 27.6 Å². The standard InChI is InChI=1S/C33H24N4/c1-21-17-22(2)19-25(18-21)28-15-8-14-27(34-28)23-9-7-10-24(20-23)32-35-29-12-4-3-11-26(29)33-36-30-13-5-6-16-31(30)37(32)33/h3-20H,1-2H3. The van der Waals surface area contributed by atoms with Crippen LogP contribution in [0.1, 0.15) is 11.1 Å². The third-order valence-corrected chi connectivity index (χ3v) is 6.83. The molecule has 0 N–H and O–H groups in total. The van der Waals surface area contributed by atoms with E-state index in [2.05, 4.69) is 103 Å². The molecule has 0 aliphatic rings. The normalized spacial score (nSPS) is 11.5. The molecular formula is C33H24N4. The molecule has 3 heterocycles. The molecule has 0 saturated carbocycles. The molecule has 0 unspecified atom stereocenters. The molecule has 0 amide bonds. The smallest absolute Gasteiger partial charge is 0.149 e. The minimum absolute atomic E-state index is 0.870. The predicted molar refractivity (Wildman–Crippen MR) is 152 cm³/mol. The Hall–Kier alpha value is -4.83. The molecule has 3 aromatic heterocycles. The number of hydrogen-bond acceptors (Lipinski definition) is 3. The first-order chi connectivity index (χ1) is 18.1. The largest absolute Gasteiger partial charge is 0.276 e. The number of imidazole rings is 1. The fraction of sp³-hybridized carbons (Fsp3) is 0.0606. The van der Waals surface area contributed by atoms with Crippen molar-refractivity contribution in [2.75, 3.05) is 0 Å². The number of fused-ring (bicyclic) bond motifs is 5. The summed E-state index contributed by atoms with van der Waals surface area (Å²) in [5.41, 5.74) is 11.5. The van der Waals surface area contributed by atoms with Gasteiger partial charge in [-0.2, -0.15) is 0 Å². The van der Waals surface area contributed by atoms with Gasteiger partial charge < -0.3 is 0 Å². The van der Waals surface area contributed by atoms with Gasteiger partial charge >= 0.3 is 0 Å². The Morgan fingerprint density at radius 3 is 2.03 bits per heavy atom. The molecule has 176 valence electrons. The van der Waals surface area contributed by atoms with Crippen molar-refractivity contribution in [3.05, 3.63) is 120 Å². The predicted octanol–water partition coefficient (Wildman–Crippen LogP) is 8.05. The summed E-state index contributed by atoms with van der Waals surface area (Å²) in [5, 5.41) is 1.04. The zero-order valence-electron chi connectivity index (χ0n) is 20.7. The van der Waals surface area contributed by atoms with Crippen LogP contribution < -0.4 is 0 Å². The summed E-state index contributed by atoms with van der Waals surface area (Å²) in [6.45, 7) is 4.25. The van der Waals surface area contributed by atoms with Crippen LogP contribution in [0.4, 0.5) is 0 Å². The lowest BCUT2D eigenvalue weighted by atomic mass is 10.0. The van der Waals surface area contributed by atoms with Crippen LogP contribution in [0.5, 0.6) is 0 Å². The molecule has 4 heteroatoms. The van der Waals surface area contributed by atoms with E-state index in [1.807, 2.05) is 24.3 Å². The van der Waals surface area contributed by atoms with Crippen molar-refractivity contribution in [2.45, 2.75) is 13.8 Å². The number of aromatic nitrogens is 4. The van der Waals surface area contributed by atoms with Gasteiger partial charge in [-0.15, -0.1) is 0 Å². The number of hydrogen-bond donors (Lipinski definition) is 0. The third-order valence-electron chi connectivity index (χ3n) is 6.83. The Kier molecular flexibility index (Phi) is 4.86. The molecule has 0 aliphatic heterocycles. The Bertz CT molecular complexity index is 1950. The van der Waals surface area contributed by atoms with Gasteiger partial charge in [0.15, 0.2) is 0 Å². The zero-order valence-corrected chi connectivity index (χ0v) is 20.7. The second-order valence-corrected chi connectivity index (χ2v) is 9.58. The lowest BCUT2D eigenvalue weighted by Crippen LogP contribution is -1.98. The highest BCUT2D eigenvalue weighted by atomic mass is 15.1. The number of rotatable bonds is 3. The molecular weight excluding hydrogens is 452 g/mol. The monoisotopic (exact) mass is 476 g/mol. The van der Waals surface area contributed by atoms with Crippen molar-refractivity contribution in [1.29, 1.82) is 0 Å². The maximum atomic E-state index is 5.12. The molecule has 0 spiro atoms. The Morgan fingerprint density at radius 1 is 0.514 bits per heavy atom.